The highest BCUT2D eigenvalue weighted by Crippen LogP contribution is 2.34. The minimum Gasteiger partial charge on any atom is -0.395 e. The third-order valence-corrected chi connectivity index (χ3v) is 7.60. The van der Waals surface area contributed by atoms with Crippen LogP contribution in [0.5, 0.6) is 0 Å². The van der Waals surface area contributed by atoms with Crippen molar-refractivity contribution >= 4 is 9.84 Å². The quantitative estimate of drug-likeness (QED) is 0.766. The number of benzene rings is 1. The second-order valence-electron chi connectivity index (χ2n) is 8.09. The maximum Gasteiger partial charge on any atom is 0.153 e. The van der Waals surface area contributed by atoms with E-state index in [9.17, 15) is 8.42 Å². The molecule has 0 amide bonds. The van der Waals surface area contributed by atoms with Crippen LogP contribution >= 0.6 is 0 Å². The molecule has 1 aliphatic carbocycles. The van der Waals surface area contributed by atoms with Gasteiger partial charge in [-0.3, -0.25) is 9.80 Å². The molecule has 3 fully saturated rings. The molecule has 3 aliphatic rings. The summed E-state index contributed by atoms with van der Waals surface area (Å²) in [6.07, 6.45) is 3.10. The molecule has 0 spiro atoms. The van der Waals surface area contributed by atoms with E-state index in [1.807, 2.05) is 12.1 Å². The molecule has 1 saturated carbocycles. The van der Waals surface area contributed by atoms with Crippen LogP contribution in [0.25, 0.3) is 0 Å². The van der Waals surface area contributed by atoms with E-state index < -0.39 is 9.84 Å². The lowest BCUT2D eigenvalue weighted by atomic mass is 10.0. The van der Waals surface area contributed by atoms with Crippen molar-refractivity contribution < 1.29 is 13.5 Å². The third-order valence-electron chi connectivity index (χ3n) is 5.90. The standard InChI is InChI=1S/C21H28N2O3S/c24-12-2-1-3-17-4-6-18(7-5-17)13-22-10-11-23(14-19-8-9-19)21-16-27(25,26)15-20(21)22/h4-7,19-21,24H,2,8-16H2/t20-,21+/m0/s1. The molecule has 0 bridgehead atoms. The van der Waals surface area contributed by atoms with Crippen molar-refractivity contribution in [3.05, 3.63) is 35.4 Å². The van der Waals surface area contributed by atoms with Gasteiger partial charge in [-0.1, -0.05) is 24.0 Å². The van der Waals surface area contributed by atoms with Crippen molar-refractivity contribution in [3.63, 3.8) is 0 Å². The number of hydrogen-bond acceptors (Lipinski definition) is 5. The first kappa shape index (κ1) is 18.9. The van der Waals surface area contributed by atoms with Gasteiger partial charge < -0.3 is 5.11 Å². The molecule has 5 nitrogen and oxygen atoms in total. The van der Waals surface area contributed by atoms with E-state index >= 15 is 0 Å². The Hall–Kier alpha value is -1.39. The number of nitrogens with zero attached hydrogens (tertiary/aromatic N) is 2. The highest BCUT2D eigenvalue weighted by atomic mass is 32.2. The Morgan fingerprint density at radius 2 is 1.70 bits per heavy atom. The van der Waals surface area contributed by atoms with E-state index in [1.54, 1.807) is 0 Å². The average Bonchev–Trinajstić information content (AvgIpc) is 3.39. The predicted octanol–water partition coefficient (Wildman–Crippen LogP) is 1.11. The SMILES string of the molecule is O=S1(=O)C[C@@H]2[C@H](C1)N(Cc1ccc(C#CCCO)cc1)CCN2CC1CC1. The van der Waals surface area contributed by atoms with Crippen molar-refractivity contribution in [1.82, 2.24) is 9.80 Å². The third kappa shape index (κ3) is 4.72. The predicted molar refractivity (Wildman–Crippen MR) is 106 cm³/mol. The van der Waals surface area contributed by atoms with Crippen molar-refractivity contribution in [2.24, 2.45) is 5.92 Å². The van der Waals surface area contributed by atoms with E-state index in [4.69, 9.17) is 5.11 Å². The molecule has 6 heteroatoms. The summed E-state index contributed by atoms with van der Waals surface area (Å²) in [6.45, 7) is 3.85. The number of hydrogen-bond donors (Lipinski definition) is 1. The molecule has 1 N–H and O–H groups in total. The van der Waals surface area contributed by atoms with Crippen LogP contribution in [-0.2, 0) is 16.4 Å². The Morgan fingerprint density at radius 1 is 1.04 bits per heavy atom. The molecular weight excluding hydrogens is 360 g/mol. The van der Waals surface area contributed by atoms with Crippen LogP contribution in [0.1, 0.15) is 30.4 Å². The van der Waals surface area contributed by atoms with Gasteiger partial charge in [-0.05, 0) is 36.5 Å². The number of fused-ring (bicyclic) bond motifs is 1. The monoisotopic (exact) mass is 388 g/mol. The molecule has 1 aromatic carbocycles. The van der Waals surface area contributed by atoms with Gasteiger partial charge in [-0.15, -0.1) is 0 Å². The largest absolute Gasteiger partial charge is 0.395 e. The normalized spacial score (nSPS) is 27.7. The van der Waals surface area contributed by atoms with Gasteiger partial charge in [-0.25, -0.2) is 8.42 Å². The number of aliphatic hydroxyl groups is 1. The number of rotatable bonds is 5. The van der Waals surface area contributed by atoms with Crippen LogP contribution in [-0.4, -0.2) is 73.2 Å². The summed E-state index contributed by atoms with van der Waals surface area (Å²) in [7, 11) is -2.94. The lowest BCUT2D eigenvalue weighted by molar-refractivity contribution is 0.0376. The van der Waals surface area contributed by atoms with Gasteiger partial charge in [0, 0.05) is 50.2 Å². The Morgan fingerprint density at radius 3 is 2.37 bits per heavy atom. The van der Waals surface area contributed by atoms with Crippen LogP contribution in [0, 0.1) is 17.8 Å². The molecule has 27 heavy (non-hydrogen) atoms. The van der Waals surface area contributed by atoms with Crippen molar-refractivity contribution in [2.75, 3.05) is 37.7 Å². The zero-order chi connectivity index (χ0) is 18.9. The van der Waals surface area contributed by atoms with Gasteiger partial charge in [-0.2, -0.15) is 0 Å². The van der Waals surface area contributed by atoms with E-state index in [0.29, 0.717) is 17.9 Å². The zero-order valence-corrected chi connectivity index (χ0v) is 16.5. The fraction of sp³-hybridized carbons (Fsp3) is 0.619. The van der Waals surface area contributed by atoms with Gasteiger partial charge in [0.25, 0.3) is 0 Å². The minimum atomic E-state index is -2.94. The molecular formula is C21H28N2O3S. The van der Waals surface area contributed by atoms with Crippen LogP contribution < -0.4 is 0 Å². The van der Waals surface area contributed by atoms with E-state index in [1.165, 1.54) is 18.4 Å². The van der Waals surface area contributed by atoms with Gasteiger partial charge in [0.15, 0.2) is 9.84 Å². The molecule has 2 aliphatic heterocycles. The Balaban J connectivity index is 1.43. The lowest BCUT2D eigenvalue weighted by Gasteiger charge is -2.44. The van der Waals surface area contributed by atoms with Crippen LogP contribution in [0.3, 0.4) is 0 Å². The summed E-state index contributed by atoms with van der Waals surface area (Å²) >= 11 is 0. The van der Waals surface area contributed by atoms with E-state index in [0.717, 1.165) is 37.7 Å². The molecule has 2 heterocycles. The van der Waals surface area contributed by atoms with Gasteiger partial charge in [0.05, 0.1) is 18.1 Å². The second kappa shape index (κ2) is 7.92. The highest BCUT2D eigenvalue weighted by molar-refractivity contribution is 7.91. The molecule has 2 atom stereocenters. The van der Waals surface area contributed by atoms with Gasteiger partial charge in [0.1, 0.15) is 0 Å². The Labute approximate surface area is 162 Å². The summed E-state index contributed by atoms with van der Waals surface area (Å²) in [5.74, 6) is 7.39. The summed E-state index contributed by atoms with van der Waals surface area (Å²) in [4.78, 5) is 4.81. The first-order chi connectivity index (χ1) is 13.0. The number of piperazine rings is 1. The molecule has 146 valence electrons. The van der Waals surface area contributed by atoms with E-state index in [2.05, 4.69) is 33.8 Å². The summed E-state index contributed by atoms with van der Waals surface area (Å²) in [6, 6.07) is 8.45. The van der Waals surface area contributed by atoms with Crippen LogP contribution in [0.2, 0.25) is 0 Å². The average molecular weight is 389 g/mol. The summed E-state index contributed by atoms with van der Waals surface area (Å²) in [5.41, 5.74) is 2.14. The summed E-state index contributed by atoms with van der Waals surface area (Å²) in [5, 5.41) is 8.80. The smallest absolute Gasteiger partial charge is 0.153 e. The fourth-order valence-electron chi connectivity index (χ4n) is 4.30. The molecule has 2 saturated heterocycles. The number of aliphatic hydroxyl groups excluding tert-OH is 1. The molecule has 0 aromatic heterocycles. The zero-order valence-electron chi connectivity index (χ0n) is 15.7. The first-order valence-electron chi connectivity index (χ1n) is 9.91. The Bertz CT molecular complexity index is 821. The second-order valence-corrected chi connectivity index (χ2v) is 10.2. The van der Waals surface area contributed by atoms with Crippen molar-refractivity contribution in [1.29, 1.82) is 0 Å². The maximum atomic E-state index is 12.3. The lowest BCUT2D eigenvalue weighted by Crippen LogP contribution is -2.59. The van der Waals surface area contributed by atoms with Crippen LogP contribution in [0.15, 0.2) is 24.3 Å². The molecule has 1 aromatic rings. The van der Waals surface area contributed by atoms with Crippen molar-refractivity contribution in [2.45, 2.75) is 37.9 Å². The van der Waals surface area contributed by atoms with Gasteiger partial charge in [0.2, 0.25) is 0 Å². The summed E-state index contributed by atoms with van der Waals surface area (Å²) < 4.78 is 24.7. The van der Waals surface area contributed by atoms with Crippen LogP contribution in [0.4, 0.5) is 0 Å². The molecule has 0 radical (unpaired) electrons. The molecule has 0 unspecified atom stereocenters. The maximum absolute atomic E-state index is 12.3. The van der Waals surface area contributed by atoms with Crippen molar-refractivity contribution in [3.8, 4) is 11.8 Å². The topological polar surface area (TPSA) is 60.9 Å². The van der Waals surface area contributed by atoms with E-state index in [-0.39, 0.29) is 18.7 Å². The number of sulfone groups is 1. The Kier molecular flexibility index (Phi) is 5.56. The first-order valence-corrected chi connectivity index (χ1v) is 11.7. The minimum absolute atomic E-state index is 0.0866. The van der Waals surface area contributed by atoms with Gasteiger partial charge >= 0.3 is 0 Å². The highest BCUT2D eigenvalue weighted by Gasteiger charge is 2.47. The molecule has 4 rings (SSSR count). The fourth-order valence-corrected chi connectivity index (χ4v) is 6.34.